The highest BCUT2D eigenvalue weighted by Crippen LogP contribution is 2.36. The summed E-state index contributed by atoms with van der Waals surface area (Å²) in [6.07, 6.45) is 1.29. The number of nitrogens with one attached hydrogen (secondary N) is 1. The van der Waals surface area contributed by atoms with Crippen LogP contribution in [0.1, 0.15) is 21.6 Å². The lowest BCUT2D eigenvalue weighted by molar-refractivity contribution is -0.0500. The van der Waals surface area contributed by atoms with Gasteiger partial charge in [0.05, 0.1) is 6.20 Å². The third-order valence-corrected chi connectivity index (χ3v) is 4.70. The first-order chi connectivity index (χ1) is 12.0. The number of fused-ring (bicyclic) bond motifs is 1. The minimum atomic E-state index is -5.91. The summed E-state index contributed by atoms with van der Waals surface area (Å²) < 4.78 is 65.6. The summed E-state index contributed by atoms with van der Waals surface area (Å²) in [5, 5.41) is 15.6. The van der Waals surface area contributed by atoms with Crippen molar-refractivity contribution in [2.24, 2.45) is 7.05 Å². The van der Waals surface area contributed by atoms with Gasteiger partial charge in [0, 0.05) is 24.7 Å². The van der Waals surface area contributed by atoms with E-state index in [4.69, 9.17) is 0 Å². The van der Waals surface area contributed by atoms with E-state index in [1.165, 1.54) is 17.9 Å². The largest absolute Gasteiger partial charge is 0.534 e. The molecule has 8 nitrogen and oxygen atoms in total. The molecule has 0 fully saturated rings. The maximum absolute atomic E-state index is 12.6. The number of alkyl halides is 3. The fourth-order valence-electron chi connectivity index (χ4n) is 2.53. The van der Waals surface area contributed by atoms with Crippen molar-refractivity contribution in [2.45, 2.75) is 12.1 Å². The number of aromatic nitrogens is 2. The van der Waals surface area contributed by atoms with E-state index in [9.17, 15) is 31.6 Å². The molecular weight excluding hydrogens is 377 g/mol. The fraction of sp³-hybridized carbons (Fsp3) is 0.214. The van der Waals surface area contributed by atoms with Gasteiger partial charge in [-0.3, -0.25) is 9.48 Å². The average molecular weight is 386 g/mol. The number of hydrogen-bond acceptors (Lipinski definition) is 6. The van der Waals surface area contributed by atoms with Crippen LogP contribution >= 0.6 is 0 Å². The number of carbonyl (C=O) groups is 1. The van der Waals surface area contributed by atoms with E-state index in [1.807, 2.05) is 6.07 Å². The van der Waals surface area contributed by atoms with E-state index >= 15 is 0 Å². The number of nitrogens with zero attached hydrogens (tertiary/aromatic N) is 3. The zero-order chi connectivity index (χ0) is 19.3. The molecule has 0 saturated heterocycles. The zero-order valence-electron chi connectivity index (χ0n) is 13.0. The summed E-state index contributed by atoms with van der Waals surface area (Å²) in [6, 6.07) is 3.83. The first-order valence-electron chi connectivity index (χ1n) is 6.93. The molecule has 2 heterocycles. The van der Waals surface area contributed by atoms with Crippen molar-refractivity contribution in [2.75, 3.05) is 0 Å². The minimum Gasteiger partial charge on any atom is -0.376 e. The van der Waals surface area contributed by atoms with Gasteiger partial charge < -0.3 is 9.50 Å². The Morgan fingerprint density at radius 3 is 2.58 bits per heavy atom. The molecule has 1 N–H and O–H groups in total. The van der Waals surface area contributed by atoms with Crippen molar-refractivity contribution in [3.05, 3.63) is 35.2 Å². The lowest BCUT2D eigenvalue weighted by atomic mass is 9.97. The Bertz CT molecular complexity index is 1070. The molecule has 2 aromatic rings. The summed E-state index contributed by atoms with van der Waals surface area (Å²) >= 11 is 0. The Hall–Kier alpha value is -3.07. The SMILES string of the molecule is Cn1ncc(-c2cc(OS(=O)(=O)C(F)(F)F)cc3c2CNC3=O)c1C#N. The van der Waals surface area contributed by atoms with Gasteiger partial charge in [-0.1, -0.05) is 0 Å². The van der Waals surface area contributed by atoms with E-state index in [1.54, 1.807) is 0 Å². The number of hydrogen-bond donors (Lipinski definition) is 1. The number of aryl methyl sites for hydroxylation is 1. The summed E-state index contributed by atoms with van der Waals surface area (Å²) in [5.74, 6) is -1.29. The van der Waals surface area contributed by atoms with Gasteiger partial charge in [0.15, 0.2) is 0 Å². The van der Waals surface area contributed by atoms with Gasteiger partial charge >= 0.3 is 15.6 Å². The Kier molecular flexibility index (Phi) is 3.91. The van der Waals surface area contributed by atoms with E-state index in [2.05, 4.69) is 14.6 Å². The van der Waals surface area contributed by atoms with Gasteiger partial charge in [0.2, 0.25) is 0 Å². The highest BCUT2D eigenvalue weighted by molar-refractivity contribution is 7.88. The molecule has 1 aliphatic rings. The van der Waals surface area contributed by atoms with E-state index in [0.717, 1.165) is 12.1 Å². The second kappa shape index (κ2) is 5.73. The Morgan fingerprint density at radius 2 is 1.96 bits per heavy atom. The lowest BCUT2D eigenvalue weighted by Crippen LogP contribution is -2.28. The van der Waals surface area contributed by atoms with Crippen LogP contribution < -0.4 is 9.50 Å². The quantitative estimate of drug-likeness (QED) is 0.631. The van der Waals surface area contributed by atoms with Crippen LogP contribution in [0.2, 0.25) is 0 Å². The Balaban J connectivity index is 2.20. The number of benzene rings is 1. The van der Waals surface area contributed by atoms with Gasteiger partial charge in [-0.25, -0.2) is 0 Å². The molecule has 0 aliphatic carbocycles. The number of rotatable bonds is 3. The highest BCUT2D eigenvalue weighted by atomic mass is 32.2. The standard InChI is InChI=1S/C14H9F3N4O4S/c1-21-12(4-18)11(6-20-21)8-2-7(25-26(23,24)14(15,16)17)3-9-10(8)5-19-13(9)22/h2-3,6H,5H2,1H3,(H,19,22). The normalized spacial score (nSPS) is 13.9. The zero-order valence-corrected chi connectivity index (χ0v) is 13.8. The summed E-state index contributed by atoms with van der Waals surface area (Å²) in [4.78, 5) is 11.9. The van der Waals surface area contributed by atoms with Gasteiger partial charge in [-0.05, 0) is 23.3 Å². The van der Waals surface area contributed by atoms with E-state index in [-0.39, 0.29) is 28.9 Å². The van der Waals surface area contributed by atoms with Gasteiger partial charge in [-0.2, -0.15) is 31.9 Å². The highest BCUT2D eigenvalue weighted by Gasteiger charge is 2.48. The lowest BCUT2D eigenvalue weighted by Gasteiger charge is -2.12. The molecule has 1 aliphatic heterocycles. The summed E-state index contributed by atoms with van der Waals surface area (Å²) in [5.41, 5.74) is -4.77. The average Bonchev–Trinajstić information content (AvgIpc) is 3.08. The third-order valence-electron chi connectivity index (χ3n) is 3.72. The van der Waals surface area contributed by atoms with Crippen LogP contribution in [0.4, 0.5) is 13.2 Å². The molecule has 136 valence electrons. The Labute approximate surface area is 144 Å². The number of nitriles is 1. The topological polar surface area (TPSA) is 114 Å². The van der Waals surface area contributed by atoms with Crippen LogP contribution in [0.5, 0.6) is 5.75 Å². The van der Waals surface area contributed by atoms with Crippen molar-refractivity contribution in [3.8, 4) is 22.9 Å². The number of amides is 1. The molecule has 12 heteroatoms. The maximum atomic E-state index is 12.6. The Morgan fingerprint density at radius 1 is 1.31 bits per heavy atom. The first-order valence-corrected chi connectivity index (χ1v) is 8.34. The van der Waals surface area contributed by atoms with Crippen molar-refractivity contribution < 1.29 is 30.6 Å². The molecule has 1 amide bonds. The molecule has 0 unspecified atom stereocenters. The van der Waals surface area contributed by atoms with Gasteiger partial charge in [-0.15, -0.1) is 0 Å². The fourth-order valence-corrected chi connectivity index (χ4v) is 2.98. The summed E-state index contributed by atoms with van der Waals surface area (Å²) in [7, 11) is -4.43. The monoisotopic (exact) mass is 386 g/mol. The second-order valence-corrected chi connectivity index (χ2v) is 6.84. The molecule has 3 rings (SSSR count). The predicted octanol–water partition coefficient (Wildman–Crippen LogP) is 1.43. The van der Waals surface area contributed by atoms with Crippen molar-refractivity contribution in [3.63, 3.8) is 0 Å². The predicted molar refractivity (Wildman–Crippen MR) is 80.1 cm³/mol. The van der Waals surface area contributed by atoms with Crippen molar-refractivity contribution in [1.29, 1.82) is 5.26 Å². The molecule has 26 heavy (non-hydrogen) atoms. The number of carbonyl (C=O) groups excluding carboxylic acids is 1. The van der Waals surface area contributed by atoms with Crippen LogP contribution in [0, 0.1) is 11.3 Å². The van der Waals surface area contributed by atoms with Crippen LogP contribution in [-0.2, 0) is 23.7 Å². The molecule has 0 spiro atoms. The van der Waals surface area contributed by atoms with Crippen LogP contribution in [0.25, 0.3) is 11.1 Å². The molecule has 0 bridgehead atoms. The van der Waals surface area contributed by atoms with Crippen LogP contribution in [-0.4, -0.2) is 29.6 Å². The molecule has 0 saturated carbocycles. The van der Waals surface area contributed by atoms with E-state index in [0.29, 0.717) is 5.56 Å². The molecule has 1 aromatic heterocycles. The second-order valence-electron chi connectivity index (χ2n) is 5.31. The van der Waals surface area contributed by atoms with Gasteiger partial charge in [0.25, 0.3) is 5.91 Å². The van der Waals surface area contributed by atoms with E-state index < -0.39 is 27.3 Å². The van der Waals surface area contributed by atoms with Crippen LogP contribution in [0.15, 0.2) is 18.3 Å². The number of halogens is 3. The first kappa shape index (κ1) is 17.7. The van der Waals surface area contributed by atoms with Gasteiger partial charge in [0.1, 0.15) is 17.5 Å². The minimum absolute atomic E-state index is 0.0392. The van der Waals surface area contributed by atoms with Crippen LogP contribution in [0.3, 0.4) is 0 Å². The third kappa shape index (κ3) is 2.76. The molecular formula is C14H9F3N4O4S. The maximum Gasteiger partial charge on any atom is 0.534 e. The smallest absolute Gasteiger partial charge is 0.376 e. The van der Waals surface area contributed by atoms with Crippen molar-refractivity contribution in [1.82, 2.24) is 15.1 Å². The summed E-state index contributed by atoms with van der Waals surface area (Å²) in [6.45, 7) is 0.0650. The molecule has 0 radical (unpaired) electrons. The molecule has 1 aromatic carbocycles. The molecule has 0 atom stereocenters. The van der Waals surface area contributed by atoms with Crippen molar-refractivity contribution >= 4 is 16.0 Å².